The monoisotopic (exact) mass is 478 g/mol. The molecule has 0 radical (unpaired) electrons. The number of imide groups is 1. The third kappa shape index (κ3) is 7.39. The van der Waals surface area contributed by atoms with Gasteiger partial charge in [0.2, 0.25) is 0 Å². The molecule has 0 aromatic heterocycles. The minimum atomic E-state index is -0.169. The Hall–Kier alpha value is -3.19. The molecule has 1 heterocycles. The van der Waals surface area contributed by atoms with Crippen LogP contribution in [0.2, 0.25) is 0 Å². The second kappa shape index (κ2) is 13.6. The number of likely N-dealkylation sites (N-methyl/N-ethyl adjacent to an activating group) is 1. The highest BCUT2D eigenvalue weighted by atomic mass is 16.2. The fraction of sp³-hybridized carbons (Fsp3) is 0.464. The van der Waals surface area contributed by atoms with E-state index in [0.717, 1.165) is 64.0 Å². The van der Waals surface area contributed by atoms with Crippen LogP contribution in [0.3, 0.4) is 0 Å². The Morgan fingerprint density at radius 3 is 2.03 bits per heavy atom. The number of nitrogens with zero attached hydrogens (tertiary/aromatic N) is 2. The second-order valence-electron chi connectivity index (χ2n) is 8.86. The maximum atomic E-state index is 12.4. The maximum Gasteiger partial charge on any atom is 0.261 e. The Balaban J connectivity index is 1.25. The average molecular weight is 479 g/mol. The molecule has 0 saturated carbocycles. The summed E-state index contributed by atoms with van der Waals surface area (Å²) < 4.78 is 0. The molecule has 0 bridgehead atoms. The molecule has 0 spiro atoms. The van der Waals surface area contributed by atoms with Crippen molar-refractivity contribution < 1.29 is 14.4 Å². The van der Waals surface area contributed by atoms with Crippen LogP contribution < -0.4 is 10.6 Å². The number of hydrogen-bond donors (Lipinski definition) is 2. The van der Waals surface area contributed by atoms with Crippen LogP contribution in [0.15, 0.2) is 48.5 Å². The van der Waals surface area contributed by atoms with Crippen molar-refractivity contribution in [3.8, 4) is 0 Å². The molecule has 0 atom stereocenters. The highest BCUT2D eigenvalue weighted by Crippen LogP contribution is 2.23. The van der Waals surface area contributed by atoms with Crippen LogP contribution >= 0.6 is 0 Å². The number of unbranched alkanes of at least 4 members (excludes halogenated alkanes) is 4. The van der Waals surface area contributed by atoms with Gasteiger partial charge in [-0.05, 0) is 62.3 Å². The van der Waals surface area contributed by atoms with Crippen molar-refractivity contribution in [3.63, 3.8) is 0 Å². The van der Waals surface area contributed by atoms with Gasteiger partial charge in [-0.15, -0.1) is 0 Å². The van der Waals surface area contributed by atoms with Gasteiger partial charge in [0.15, 0.2) is 0 Å². The van der Waals surface area contributed by atoms with Crippen LogP contribution in [-0.4, -0.2) is 66.8 Å². The number of benzene rings is 2. The maximum absolute atomic E-state index is 12.4. The Bertz CT molecular complexity index is 951. The normalized spacial score (nSPS) is 12.8. The molecule has 7 heteroatoms. The molecule has 188 valence electrons. The number of nitrogens with one attached hydrogen (secondary N) is 2. The molecule has 2 N–H and O–H groups in total. The number of carbonyl (C=O) groups is 3. The highest BCUT2D eigenvalue weighted by molar-refractivity contribution is 6.21. The van der Waals surface area contributed by atoms with Crippen LogP contribution in [0.5, 0.6) is 0 Å². The first kappa shape index (κ1) is 26.4. The van der Waals surface area contributed by atoms with Crippen LogP contribution in [0.25, 0.3) is 0 Å². The van der Waals surface area contributed by atoms with Gasteiger partial charge in [-0.2, -0.15) is 0 Å². The van der Waals surface area contributed by atoms with Crippen molar-refractivity contribution in [2.45, 2.75) is 46.0 Å². The highest BCUT2D eigenvalue weighted by Gasteiger charge is 2.34. The molecule has 0 fully saturated rings. The second-order valence-corrected chi connectivity index (χ2v) is 8.86. The predicted octanol–water partition coefficient (Wildman–Crippen LogP) is 4.42. The molecule has 0 aliphatic carbocycles. The van der Waals surface area contributed by atoms with Gasteiger partial charge >= 0.3 is 0 Å². The van der Waals surface area contributed by atoms with E-state index in [0.29, 0.717) is 29.8 Å². The van der Waals surface area contributed by atoms with Gasteiger partial charge in [0.05, 0.1) is 11.1 Å². The summed E-state index contributed by atoms with van der Waals surface area (Å²) in [5.41, 5.74) is 2.73. The van der Waals surface area contributed by atoms with Gasteiger partial charge in [-0.25, -0.2) is 0 Å². The lowest BCUT2D eigenvalue weighted by atomic mass is 10.1. The molecule has 2 aromatic carbocycles. The molecule has 1 aliphatic rings. The Labute approximate surface area is 208 Å². The van der Waals surface area contributed by atoms with Crippen LogP contribution in [0.1, 0.15) is 77.0 Å². The summed E-state index contributed by atoms with van der Waals surface area (Å²) in [6.07, 6.45) is 5.02. The Morgan fingerprint density at radius 2 is 1.40 bits per heavy atom. The van der Waals surface area contributed by atoms with Crippen molar-refractivity contribution in [2.24, 2.45) is 0 Å². The van der Waals surface area contributed by atoms with E-state index in [1.807, 2.05) is 24.3 Å². The first-order chi connectivity index (χ1) is 17.0. The van der Waals surface area contributed by atoms with Gasteiger partial charge in [-0.1, -0.05) is 45.2 Å². The number of hydrogen-bond acceptors (Lipinski definition) is 5. The van der Waals surface area contributed by atoms with Crippen molar-refractivity contribution in [2.75, 3.05) is 44.6 Å². The van der Waals surface area contributed by atoms with E-state index >= 15 is 0 Å². The molecule has 1 aliphatic heterocycles. The van der Waals surface area contributed by atoms with Crippen LogP contribution in [0, 0.1) is 0 Å². The van der Waals surface area contributed by atoms with Gasteiger partial charge in [0.25, 0.3) is 17.7 Å². The van der Waals surface area contributed by atoms with Gasteiger partial charge in [-0.3, -0.25) is 19.3 Å². The van der Waals surface area contributed by atoms with E-state index in [2.05, 4.69) is 29.4 Å². The lowest BCUT2D eigenvalue weighted by molar-refractivity contribution is 0.0651. The molecule has 0 saturated heterocycles. The predicted molar refractivity (Wildman–Crippen MR) is 140 cm³/mol. The fourth-order valence-corrected chi connectivity index (χ4v) is 4.31. The zero-order chi connectivity index (χ0) is 25.0. The van der Waals surface area contributed by atoms with E-state index in [4.69, 9.17) is 0 Å². The standard InChI is InChI=1S/C28H38N4O3/c1-3-31(4-2)21-19-30-26(33)22-14-16-23(17-15-22)29-18-10-6-5-7-11-20-32-27(34)24-12-8-9-13-25(24)28(32)35/h8-9,12-17,29H,3-7,10-11,18-21H2,1-2H3,(H,30,33). The number of amides is 3. The summed E-state index contributed by atoms with van der Waals surface area (Å²) in [6, 6.07) is 14.6. The van der Waals surface area contributed by atoms with Gasteiger partial charge in [0.1, 0.15) is 0 Å². The van der Waals surface area contributed by atoms with Gasteiger partial charge < -0.3 is 15.5 Å². The lowest BCUT2D eigenvalue weighted by Crippen LogP contribution is -2.34. The fourth-order valence-electron chi connectivity index (χ4n) is 4.31. The van der Waals surface area contributed by atoms with E-state index < -0.39 is 0 Å². The minimum absolute atomic E-state index is 0.0371. The molecular formula is C28H38N4O3. The lowest BCUT2D eigenvalue weighted by Gasteiger charge is -2.18. The van der Waals surface area contributed by atoms with E-state index in [1.165, 1.54) is 4.90 Å². The van der Waals surface area contributed by atoms with Crippen molar-refractivity contribution in [3.05, 3.63) is 65.2 Å². The molecule has 3 amide bonds. The largest absolute Gasteiger partial charge is 0.385 e. The summed E-state index contributed by atoms with van der Waals surface area (Å²) in [5, 5.41) is 6.39. The Kier molecular flexibility index (Phi) is 10.3. The molecule has 35 heavy (non-hydrogen) atoms. The van der Waals surface area contributed by atoms with Crippen molar-refractivity contribution >= 4 is 23.4 Å². The summed E-state index contributed by atoms with van der Waals surface area (Å²) in [5.74, 6) is -0.374. The van der Waals surface area contributed by atoms with Crippen LogP contribution in [-0.2, 0) is 0 Å². The minimum Gasteiger partial charge on any atom is -0.385 e. The summed E-state index contributed by atoms with van der Waals surface area (Å²) in [7, 11) is 0. The van der Waals surface area contributed by atoms with Crippen LogP contribution in [0.4, 0.5) is 5.69 Å². The smallest absolute Gasteiger partial charge is 0.261 e. The first-order valence-electron chi connectivity index (χ1n) is 12.8. The van der Waals surface area contributed by atoms with E-state index in [1.54, 1.807) is 24.3 Å². The summed E-state index contributed by atoms with van der Waals surface area (Å²) >= 11 is 0. The molecule has 7 nitrogen and oxygen atoms in total. The van der Waals surface area contributed by atoms with Crippen molar-refractivity contribution in [1.82, 2.24) is 15.1 Å². The molecule has 2 aromatic rings. The molecule has 3 rings (SSSR count). The quantitative estimate of drug-likeness (QED) is 0.293. The van der Waals surface area contributed by atoms with E-state index in [9.17, 15) is 14.4 Å². The zero-order valence-corrected chi connectivity index (χ0v) is 21.0. The molecule has 0 unspecified atom stereocenters. The third-order valence-electron chi connectivity index (χ3n) is 6.52. The summed E-state index contributed by atoms with van der Waals surface area (Å²) in [6.45, 7) is 9.09. The molecular weight excluding hydrogens is 440 g/mol. The first-order valence-corrected chi connectivity index (χ1v) is 12.8. The number of rotatable bonds is 15. The summed E-state index contributed by atoms with van der Waals surface area (Å²) in [4.78, 5) is 40.7. The number of anilines is 1. The van der Waals surface area contributed by atoms with Crippen molar-refractivity contribution in [1.29, 1.82) is 0 Å². The van der Waals surface area contributed by atoms with Gasteiger partial charge in [0, 0.05) is 37.4 Å². The number of fused-ring (bicyclic) bond motifs is 1. The third-order valence-corrected chi connectivity index (χ3v) is 6.52. The van der Waals surface area contributed by atoms with E-state index in [-0.39, 0.29) is 17.7 Å². The topological polar surface area (TPSA) is 81.8 Å². The number of carbonyl (C=O) groups excluding carboxylic acids is 3. The average Bonchev–Trinajstić information content (AvgIpc) is 3.13. The SMILES string of the molecule is CCN(CC)CCNC(=O)c1ccc(NCCCCCCCN2C(=O)c3ccccc3C2=O)cc1. The Morgan fingerprint density at radius 1 is 0.800 bits per heavy atom. The zero-order valence-electron chi connectivity index (χ0n) is 21.0.